The number of rotatable bonds is 5. The first-order valence-corrected chi connectivity index (χ1v) is 12.0. The zero-order valence-electron chi connectivity index (χ0n) is 18.2. The fourth-order valence-electron chi connectivity index (χ4n) is 4.19. The lowest BCUT2D eigenvalue weighted by Gasteiger charge is -2.05. The Hall–Kier alpha value is -4.16. The maximum Gasteiger partial charge on any atom is 0.271 e. The first-order valence-electron chi connectivity index (χ1n) is 11.0. The lowest BCUT2D eigenvalue weighted by molar-refractivity contribution is 0.0955. The molecule has 0 bridgehead atoms. The summed E-state index contributed by atoms with van der Waals surface area (Å²) in [6, 6.07) is 31.9. The second kappa shape index (κ2) is 8.65. The van der Waals surface area contributed by atoms with Crippen LogP contribution in [0.15, 0.2) is 107 Å². The molecule has 0 fully saturated rings. The van der Waals surface area contributed by atoms with Crippen LogP contribution in [0.2, 0.25) is 0 Å². The van der Waals surface area contributed by atoms with Gasteiger partial charge in [0.05, 0.1) is 16.7 Å². The normalized spacial score (nSPS) is 11.8. The van der Waals surface area contributed by atoms with E-state index in [9.17, 15) is 4.79 Å². The van der Waals surface area contributed by atoms with Gasteiger partial charge in [-0.25, -0.2) is 10.4 Å². The summed E-state index contributed by atoms with van der Waals surface area (Å²) >= 11 is 1.64. The number of hydrogen-bond acceptors (Lipinski definition) is 4. The Morgan fingerprint density at radius 1 is 0.794 bits per heavy atom. The molecule has 1 aliphatic carbocycles. The molecule has 5 nitrogen and oxygen atoms in total. The molecule has 2 N–H and O–H groups in total. The Labute approximate surface area is 201 Å². The highest BCUT2D eigenvalue weighted by molar-refractivity contribution is 7.98. The molecule has 1 heterocycles. The fraction of sp³-hybridized carbons (Fsp3) is 0.0357. The third-order valence-electron chi connectivity index (χ3n) is 5.88. The number of thioether (sulfide) groups is 1. The molecule has 1 aromatic heterocycles. The second-order valence-corrected chi connectivity index (χ2v) is 9.00. The minimum atomic E-state index is -0.231. The highest BCUT2D eigenvalue weighted by Gasteiger charge is 2.24. The molecular formula is C28H20N4OS. The standard InChI is InChI=1S/C28H20N4OS/c33-27(32-31-26-22-9-3-1-7-20(22)21-8-2-4-10-23(21)26)19-15-13-18(14-16-19)17-34-28-29-24-11-5-6-12-25(24)30-28/h1-16H,17H2,(H,29,30)(H,32,33). The van der Waals surface area contributed by atoms with Crippen LogP contribution < -0.4 is 5.43 Å². The number of aromatic nitrogens is 2. The summed E-state index contributed by atoms with van der Waals surface area (Å²) < 4.78 is 0. The van der Waals surface area contributed by atoms with Crippen LogP contribution in [0.1, 0.15) is 27.0 Å². The van der Waals surface area contributed by atoms with E-state index in [1.165, 1.54) is 0 Å². The molecule has 0 saturated carbocycles. The Balaban J connectivity index is 1.15. The van der Waals surface area contributed by atoms with E-state index in [0.717, 1.165) is 55.5 Å². The van der Waals surface area contributed by atoms with Gasteiger partial charge in [0.2, 0.25) is 0 Å². The van der Waals surface area contributed by atoms with Gasteiger partial charge in [0, 0.05) is 22.4 Å². The van der Waals surface area contributed by atoms with Crippen LogP contribution in [-0.4, -0.2) is 21.6 Å². The molecule has 164 valence electrons. The number of aromatic amines is 1. The van der Waals surface area contributed by atoms with Crippen molar-refractivity contribution in [2.75, 3.05) is 0 Å². The van der Waals surface area contributed by atoms with Gasteiger partial charge >= 0.3 is 0 Å². The molecule has 4 aromatic carbocycles. The SMILES string of the molecule is O=C(NN=C1c2ccccc2-c2ccccc21)c1ccc(CSc2nc3ccccc3[nH]2)cc1. The predicted octanol–water partition coefficient (Wildman–Crippen LogP) is 6.02. The van der Waals surface area contributed by atoms with E-state index in [4.69, 9.17) is 0 Å². The monoisotopic (exact) mass is 460 g/mol. The van der Waals surface area contributed by atoms with Gasteiger partial charge in [0.25, 0.3) is 5.91 Å². The van der Waals surface area contributed by atoms with Crippen molar-refractivity contribution in [2.45, 2.75) is 10.9 Å². The van der Waals surface area contributed by atoms with Crippen molar-refractivity contribution in [3.05, 3.63) is 119 Å². The molecule has 1 aliphatic rings. The highest BCUT2D eigenvalue weighted by Crippen LogP contribution is 2.36. The number of carbonyl (C=O) groups is 1. The van der Waals surface area contributed by atoms with Gasteiger partial charge in [-0.05, 0) is 41.0 Å². The van der Waals surface area contributed by atoms with Gasteiger partial charge < -0.3 is 4.98 Å². The molecule has 34 heavy (non-hydrogen) atoms. The van der Waals surface area contributed by atoms with Crippen LogP contribution in [0.5, 0.6) is 0 Å². The summed E-state index contributed by atoms with van der Waals surface area (Å²) in [6.45, 7) is 0. The predicted molar refractivity (Wildman–Crippen MR) is 137 cm³/mol. The van der Waals surface area contributed by atoms with Crippen LogP contribution in [-0.2, 0) is 5.75 Å². The molecule has 6 rings (SSSR count). The number of H-pyrrole nitrogens is 1. The van der Waals surface area contributed by atoms with Crippen molar-refractivity contribution in [2.24, 2.45) is 5.10 Å². The van der Waals surface area contributed by atoms with Crippen molar-refractivity contribution in [3.63, 3.8) is 0 Å². The summed E-state index contributed by atoms with van der Waals surface area (Å²) in [5, 5.41) is 5.39. The smallest absolute Gasteiger partial charge is 0.271 e. The van der Waals surface area contributed by atoms with E-state index >= 15 is 0 Å². The van der Waals surface area contributed by atoms with Crippen molar-refractivity contribution < 1.29 is 4.79 Å². The summed E-state index contributed by atoms with van der Waals surface area (Å²) in [7, 11) is 0. The number of carbonyl (C=O) groups excluding carboxylic acids is 1. The molecule has 0 aliphatic heterocycles. The molecule has 6 heteroatoms. The molecule has 0 spiro atoms. The number of benzene rings is 4. The Morgan fingerprint density at radius 2 is 1.41 bits per heavy atom. The summed E-state index contributed by atoms with van der Waals surface area (Å²) in [5.41, 5.74) is 11.6. The lowest BCUT2D eigenvalue weighted by atomic mass is 10.1. The summed E-state index contributed by atoms with van der Waals surface area (Å²) in [5.74, 6) is 0.531. The van der Waals surface area contributed by atoms with Gasteiger partial charge in [-0.15, -0.1) is 0 Å². The van der Waals surface area contributed by atoms with E-state index in [1.807, 2.05) is 84.9 Å². The van der Waals surface area contributed by atoms with E-state index in [2.05, 4.69) is 32.6 Å². The summed E-state index contributed by atoms with van der Waals surface area (Å²) in [6.07, 6.45) is 0. The Morgan fingerprint density at radius 3 is 2.09 bits per heavy atom. The van der Waals surface area contributed by atoms with Crippen molar-refractivity contribution in [1.29, 1.82) is 0 Å². The lowest BCUT2D eigenvalue weighted by Crippen LogP contribution is -2.19. The average molecular weight is 461 g/mol. The maximum absolute atomic E-state index is 12.8. The van der Waals surface area contributed by atoms with E-state index in [0.29, 0.717) is 5.56 Å². The number of imidazole rings is 1. The van der Waals surface area contributed by atoms with Crippen molar-refractivity contribution >= 4 is 34.4 Å². The number of hydrogen-bond donors (Lipinski definition) is 2. The van der Waals surface area contributed by atoms with Gasteiger partial charge in [0.15, 0.2) is 5.16 Å². The number of amides is 1. The summed E-state index contributed by atoms with van der Waals surface area (Å²) in [4.78, 5) is 20.7. The van der Waals surface area contributed by atoms with Crippen LogP contribution in [0.4, 0.5) is 0 Å². The molecule has 0 unspecified atom stereocenters. The zero-order chi connectivity index (χ0) is 22.9. The van der Waals surface area contributed by atoms with Crippen LogP contribution in [0.25, 0.3) is 22.2 Å². The van der Waals surface area contributed by atoms with Crippen molar-refractivity contribution in [3.8, 4) is 11.1 Å². The molecule has 5 aromatic rings. The fourth-order valence-corrected chi connectivity index (χ4v) is 5.03. The first kappa shape index (κ1) is 20.4. The van der Waals surface area contributed by atoms with Gasteiger partial charge in [-0.2, -0.15) is 5.10 Å². The van der Waals surface area contributed by atoms with Crippen LogP contribution in [0.3, 0.4) is 0 Å². The third kappa shape index (κ3) is 3.78. The second-order valence-electron chi connectivity index (χ2n) is 8.04. The number of fused-ring (bicyclic) bond motifs is 4. The number of hydrazone groups is 1. The number of nitrogens with one attached hydrogen (secondary N) is 2. The third-order valence-corrected chi connectivity index (χ3v) is 6.83. The maximum atomic E-state index is 12.8. The molecule has 0 saturated heterocycles. The largest absolute Gasteiger partial charge is 0.333 e. The molecule has 0 atom stereocenters. The highest BCUT2D eigenvalue weighted by atomic mass is 32.2. The number of para-hydroxylation sites is 2. The van der Waals surface area contributed by atoms with Gasteiger partial charge in [-0.3, -0.25) is 4.79 Å². The topological polar surface area (TPSA) is 70.1 Å². The first-order chi connectivity index (χ1) is 16.8. The minimum Gasteiger partial charge on any atom is -0.333 e. The average Bonchev–Trinajstić information content (AvgIpc) is 3.45. The minimum absolute atomic E-state index is 0.231. The zero-order valence-corrected chi connectivity index (χ0v) is 19.0. The molecule has 1 amide bonds. The van der Waals surface area contributed by atoms with E-state index < -0.39 is 0 Å². The number of nitrogens with zero attached hydrogens (tertiary/aromatic N) is 2. The van der Waals surface area contributed by atoms with Gasteiger partial charge in [0.1, 0.15) is 0 Å². The molecule has 0 radical (unpaired) electrons. The van der Waals surface area contributed by atoms with Crippen molar-refractivity contribution in [1.82, 2.24) is 15.4 Å². The van der Waals surface area contributed by atoms with Crippen LogP contribution >= 0.6 is 11.8 Å². The quantitative estimate of drug-likeness (QED) is 0.244. The van der Waals surface area contributed by atoms with Gasteiger partial charge in [-0.1, -0.05) is 84.6 Å². The van der Waals surface area contributed by atoms with E-state index in [-0.39, 0.29) is 5.91 Å². The van der Waals surface area contributed by atoms with E-state index in [1.54, 1.807) is 11.8 Å². The van der Waals surface area contributed by atoms with Crippen LogP contribution in [0, 0.1) is 0 Å². The molecular weight excluding hydrogens is 440 g/mol. The Kier molecular flexibility index (Phi) is 5.20. The Bertz CT molecular complexity index is 1470.